The van der Waals surface area contributed by atoms with Gasteiger partial charge in [0, 0.05) is 11.9 Å². The first-order valence-corrected chi connectivity index (χ1v) is 11.5. The monoisotopic (exact) mass is 478 g/mol. The molecule has 4 rings (SSSR count). The van der Waals surface area contributed by atoms with Crippen molar-refractivity contribution in [2.75, 3.05) is 5.32 Å². The fourth-order valence-electron chi connectivity index (χ4n) is 3.63. The molecule has 2 aromatic carbocycles. The molecule has 0 bridgehead atoms. The highest BCUT2D eigenvalue weighted by Gasteiger charge is 2.18. The van der Waals surface area contributed by atoms with E-state index in [4.69, 9.17) is 4.74 Å². The lowest BCUT2D eigenvalue weighted by Gasteiger charge is -2.19. The first-order valence-electron chi connectivity index (χ1n) is 11.5. The summed E-state index contributed by atoms with van der Waals surface area (Å²) in [6, 6.07) is 21.8. The number of hydrogen-bond acceptors (Lipinski definition) is 5. The molecule has 2 aromatic heterocycles. The van der Waals surface area contributed by atoms with Gasteiger partial charge in [0.05, 0.1) is 0 Å². The SMILES string of the molecule is Cc1cccc(NC(=O)/C(C#N)=C\c2c(Oc3ccc(C(C)(C)C)cc3)nc3ccccn3c2=O)c1. The van der Waals surface area contributed by atoms with Crippen LogP contribution in [0.4, 0.5) is 5.69 Å². The molecule has 7 heteroatoms. The van der Waals surface area contributed by atoms with Gasteiger partial charge in [-0.15, -0.1) is 0 Å². The first kappa shape index (κ1) is 24.4. The number of aromatic nitrogens is 2. The summed E-state index contributed by atoms with van der Waals surface area (Å²) in [5.74, 6) is -0.153. The molecule has 0 aliphatic carbocycles. The Morgan fingerprint density at radius 3 is 2.50 bits per heavy atom. The number of carbonyl (C=O) groups excluding carboxylic acids is 1. The molecule has 0 radical (unpaired) electrons. The molecule has 0 saturated heterocycles. The number of carbonyl (C=O) groups is 1. The Morgan fingerprint density at radius 2 is 1.83 bits per heavy atom. The number of hydrogen-bond donors (Lipinski definition) is 1. The van der Waals surface area contributed by atoms with E-state index in [2.05, 4.69) is 31.1 Å². The summed E-state index contributed by atoms with van der Waals surface area (Å²) in [7, 11) is 0. The van der Waals surface area contributed by atoms with Crippen molar-refractivity contribution in [1.82, 2.24) is 9.38 Å². The van der Waals surface area contributed by atoms with Crippen molar-refractivity contribution in [1.29, 1.82) is 5.26 Å². The summed E-state index contributed by atoms with van der Waals surface area (Å²) in [6.45, 7) is 8.24. The summed E-state index contributed by atoms with van der Waals surface area (Å²) in [5, 5.41) is 12.4. The van der Waals surface area contributed by atoms with Crippen LogP contribution in [0.3, 0.4) is 0 Å². The normalized spacial score (nSPS) is 11.7. The Morgan fingerprint density at radius 1 is 1.08 bits per heavy atom. The van der Waals surface area contributed by atoms with Gasteiger partial charge in [-0.3, -0.25) is 14.0 Å². The van der Waals surface area contributed by atoms with Crippen molar-refractivity contribution >= 4 is 23.3 Å². The van der Waals surface area contributed by atoms with Gasteiger partial charge in [0.2, 0.25) is 5.88 Å². The van der Waals surface area contributed by atoms with E-state index in [1.54, 1.807) is 54.7 Å². The smallest absolute Gasteiger partial charge is 0.269 e. The third kappa shape index (κ3) is 5.34. The number of pyridine rings is 1. The van der Waals surface area contributed by atoms with Crippen LogP contribution in [0.5, 0.6) is 11.6 Å². The molecule has 7 nitrogen and oxygen atoms in total. The summed E-state index contributed by atoms with van der Waals surface area (Å²) in [4.78, 5) is 30.7. The Labute approximate surface area is 209 Å². The first-order chi connectivity index (χ1) is 17.2. The van der Waals surface area contributed by atoms with Crippen LogP contribution in [0.1, 0.15) is 37.5 Å². The minimum absolute atomic E-state index is 0.00506. The largest absolute Gasteiger partial charge is 0.438 e. The number of anilines is 1. The molecule has 0 atom stereocenters. The summed E-state index contributed by atoms with van der Waals surface area (Å²) in [5.41, 5.74) is 2.26. The molecule has 0 aliphatic rings. The van der Waals surface area contributed by atoms with Gasteiger partial charge >= 0.3 is 0 Å². The van der Waals surface area contributed by atoms with Crippen molar-refractivity contribution in [3.05, 3.63) is 106 Å². The zero-order valence-electron chi connectivity index (χ0n) is 20.6. The minimum atomic E-state index is -0.638. The minimum Gasteiger partial charge on any atom is -0.438 e. The van der Waals surface area contributed by atoms with Crippen molar-refractivity contribution in [2.24, 2.45) is 0 Å². The van der Waals surface area contributed by atoms with E-state index in [9.17, 15) is 14.9 Å². The molecule has 0 aliphatic heterocycles. The molecule has 0 unspecified atom stereocenters. The molecule has 36 heavy (non-hydrogen) atoms. The van der Waals surface area contributed by atoms with Gasteiger partial charge in [0.15, 0.2) is 0 Å². The average Bonchev–Trinajstić information content (AvgIpc) is 2.84. The van der Waals surface area contributed by atoms with E-state index >= 15 is 0 Å². The van der Waals surface area contributed by atoms with Crippen molar-refractivity contribution < 1.29 is 9.53 Å². The lowest BCUT2D eigenvalue weighted by Crippen LogP contribution is -2.20. The third-order valence-electron chi connectivity index (χ3n) is 5.60. The van der Waals surface area contributed by atoms with Gasteiger partial charge in [-0.1, -0.05) is 51.1 Å². The average molecular weight is 479 g/mol. The number of nitrogens with zero attached hydrogens (tertiary/aromatic N) is 3. The maximum Gasteiger partial charge on any atom is 0.269 e. The highest BCUT2D eigenvalue weighted by molar-refractivity contribution is 6.09. The van der Waals surface area contributed by atoms with E-state index in [0.29, 0.717) is 17.1 Å². The van der Waals surface area contributed by atoms with Crippen molar-refractivity contribution in [3.63, 3.8) is 0 Å². The Kier molecular flexibility index (Phi) is 6.71. The lowest BCUT2D eigenvalue weighted by atomic mass is 9.87. The quantitative estimate of drug-likeness (QED) is 0.296. The molecule has 180 valence electrons. The Balaban J connectivity index is 1.77. The predicted octanol–water partition coefficient (Wildman–Crippen LogP) is 5.64. The number of aryl methyl sites for hydroxylation is 1. The van der Waals surface area contributed by atoms with Crippen LogP contribution in [-0.2, 0) is 10.2 Å². The van der Waals surface area contributed by atoms with Crippen LogP contribution >= 0.6 is 0 Å². The van der Waals surface area contributed by atoms with Crippen LogP contribution in [0.2, 0.25) is 0 Å². The number of nitriles is 1. The highest BCUT2D eigenvalue weighted by Crippen LogP contribution is 2.28. The standard InChI is InChI=1S/C29H26N4O3/c1-19-8-7-9-22(16-19)31-26(34)20(18-30)17-24-27(32-25-10-5-6-15-33(25)28(24)35)36-23-13-11-21(12-14-23)29(2,3)4/h5-17H,1-4H3,(H,31,34)/b20-17-. The molecule has 0 fully saturated rings. The predicted molar refractivity (Wildman–Crippen MR) is 140 cm³/mol. The van der Waals surface area contributed by atoms with Crippen LogP contribution < -0.4 is 15.6 Å². The van der Waals surface area contributed by atoms with Gasteiger partial charge in [-0.05, 0) is 65.9 Å². The van der Waals surface area contributed by atoms with Gasteiger partial charge in [-0.2, -0.15) is 10.2 Å². The van der Waals surface area contributed by atoms with Gasteiger partial charge in [-0.25, -0.2) is 0 Å². The Hall–Kier alpha value is -4.70. The van der Waals surface area contributed by atoms with E-state index in [0.717, 1.165) is 11.1 Å². The van der Waals surface area contributed by atoms with Crippen molar-refractivity contribution in [2.45, 2.75) is 33.1 Å². The number of benzene rings is 2. The molecule has 0 saturated carbocycles. The number of nitrogens with one attached hydrogen (secondary N) is 1. The topological polar surface area (TPSA) is 96.5 Å². The van der Waals surface area contributed by atoms with Crippen LogP contribution in [-0.4, -0.2) is 15.3 Å². The number of ether oxygens (including phenoxy) is 1. The zero-order valence-corrected chi connectivity index (χ0v) is 20.6. The molecule has 4 aromatic rings. The number of amides is 1. The fraction of sp³-hybridized carbons (Fsp3) is 0.172. The molecule has 1 N–H and O–H groups in total. The lowest BCUT2D eigenvalue weighted by molar-refractivity contribution is -0.112. The summed E-state index contributed by atoms with van der Waals surface area (Å²) in [6.07, 6.45) is 2.79. The third-order valence-corrected chi connectivity index (χ3v) is 5.60. The second-order valence-corrected chi connectivity index (χ2v) is 9.43. The number of rotatable bonds is 5. The van der Waals surface area contributed by atoms with Crippen LogP contribution in [0, 0.1) is 18.3 Å². The molecular weight excluding hydrogens is 452 g/mol. The van der Waals surface area contributed by atoms with E-state index in [1.165, 1.54) is 10.5 Å². The summed E-state index contributed by atoms with van der Waals surface area (Å²) < 4.78 is 7.36. The second kappa shape index (κ2) is 9.88. The molecule has 2 heterocycles. The molecular formula is C29H26N4O3. The fourth-order valence-corrected chi connectivity index (χ4v) is 3.63. The van der Waals surface area contributed by atoms with E-state index in [1.807, 2.05) is 31.2 Å². The maximum absolute atomic E-state index is 13.4. The summed E-state index contributed by atoms with van der Waals surface area (Å²) >= 11 is 0. The van der Waals surface area contributed by atoms with E-state index < -0.39 is 11.5 Å². The number of fused-ring (bicyclic) bond motifs is 1. The van der Waals surface area contributed by atoms with Crippen molar-refractivity contribution in [3.8, 4) is 17.7 Å². The molecule has 0 spiro atoms. The second-order valence-electron chi connectivity index (χ2n) is 9.43. The van der Waals surface area contributed by atoms with E-state index in [-0.39, 0.29) is 22.4 Å². The van der Waals surface area contributed by atoms with Gasteiger partial charge in [0.1, 0.15) is 28.6 Å². The van der Waals surface area contributed by atoms with Gasteiger partial charge in [0.25, 0.3) is 11.5 Å². The van der Waals surface area contributed by atoms with Crippen LogP contribution in [0.25, 0.3) is 11.7 Å². The van der Waals surface area contributed by atoms with Gasteiger partial charge < -0.3 is 10.1 Å². The zero-order chi connectivity index (χ0) is 25.9. The van der Waals surface area contributed by atoms with Crippen LogP contribution in [0.15, 0.2) is 83.3 Å². The highest BCUT2D eigenvalue weighted by atomic mass is 16.5. The molecule has 1 amide bonds. The Bertz CT molecular complexity index is 1570. The maximum atomic E-state index is 13.4.